The van der Waals surface area contributed by atoms with Crippen molar-refractivity contribution in [1.29, 1.82) is 0 Å². The summed E-state index contributed by atoms with van der Waals surface area (Å²) in [5, 5.41) is 11.1. The number of hydrazine groups is 1. The van der Waals surface area contributed by atoms with E-state index in [1.807, 2.05) is 26.8 Å². The molecule has 2 rings (SSSR count). The summed E-state index contributed by atoms with van der Waals surface area (Å²) >= 11 is 0. The summed E-state index contributed by atoms with van der Waals surface area (Å²) in [4.78, 5) is 11.5. The number of nitrogens with one attached hydrogen (secondary N) is 1. The summed E-state index contributed by atoms with van der Waals surface area (Å²) < 4.78 is 20.6. The molecule has 146 valence electrons. The van der Waals surface area contributed by atoms with Gasteiger partial charge in [-0.25, -0.2) is 14.6 Å². The fourth-order valence-electron chi connectivity index (χ4n) is 2.57. The number of nitrogens with zero attached hydrogens (tertiary/aromatic N) is 1. The number of aromatic carboxylic acids is 1. The van der Waals surface area contributed by atoms with E-state index < -0.39 is 11.8 Å². The summed E-state index contributed by atoms with van der Waals surface area (Å²) in [6.07, 6.45) is 1.80. The summed E-state index contributed by atoms with van der Waals surface area (Å²) in [5.41, 5.74) is 3.26. The molecular formula is C21H27FN2O3. The van der Waals surface area contributed by atoms with Crippen LogP contribution in [0.5, 0.6) is 11.5 Å². The fourth-order valence-corrected chi connectivity index (χ4v) is 2.57. The first-order valence-electron chi connectivity index (χ1n) is 9.06. The van der Waals surface area contributed by atoms with Gasteiger partial charge in [0.2, 0.25) is 0 Å². The fraction of sp³-hybridized carbons (Fsp3) is 0.381. The van der Waals surface area contributed by atoms with Crippen molar-refractivity contribution in [2.45, 2.75) is 46.1 Å². The quantitative estimate of drug-likeness (QED) is 0.620. The molecule has 2 aromatic rings. The van der Waals surface area contributed by atoms with Crippen LogP contribution in [0.25, 0.3) is 0 Å². The van der Waals surface area contributed by atoms with E-state index in [0.717, 1.165) is 18.9 Å². The minimum Gasteiger partial charge on any atom is -0.478 e. The first-order valence-corrected chi connectivity index (χ1v) is 9.06. The van der Waals surface area contributed by atoms with Crippen molar-refractivity contribution < 1.29 is 19.0 Å². The number of hydrogen-bond acceptors (Lipinski definition) is 4. The molecule has 0 aliphatic rings. The largest absolute Gasteiger partial charge is 0.478 e. The van der Waals surface area contributed by atoms with Crippen LogP contribution in [0.1, 0.15) is 50.9 Å². The molecule has 0 amide bonds. The van der Waals surface area contributed by atoms with Gasteiger partial charge in [0, 0.05) is 12.1 Å². The standard InChI is InChI=1S/C21H27FN2O3/c1-5-6-12-24(23-21(2,3)4)18-14-15(20(25)26)13-17(22)19(18)27-16-10-8-7-9-11-16/h7-11,13-14,23H,5-6,12H2,1-4H3,(H,25,26). The predicted molar refractivity (Wildman–Crippen MR) is 105 cm³/mol. The van der Waals surface area contributed by atoms with Crippen LogP contribution in [0.3, 0.4) is 0 Å². The van der Waals surface area contributed by atoms with Crippen LogP contribution in [0.2, 0.25) is 0 Å². The van der Waals surface area contributed by atoms with Crippen LogP contribution in [0.4, 0.5) is 10.1 Å². The molecule has 5 nitrogen and oxygen atoms in total. The number of benzene rings is 2. The molecule has 0 fully saturated rings. The van der Waals surface area contributed by atoms with E-state index in [1.165, 1.54) is 6.07 Å². The lowest BCUT2D eigenvalue weighted by Gasteiger charge is -2.34. The number of halogens is 1. The second-order valence-electron chi connectivity index (χ2n) is 7.39. The van der Waals surface area contributed by atoms with E-state index in [9.17, 15) is 14.3 Å². The van der Waals surface area contributed by atoms with Gasteiger partial charge < -0.3 is 14.9 Å². The number of carbonyl (C=O) groups is 1. The topological polar surface area (TPSA) is 61.8 Å². The average molecular weight is 374 g/mol. The van der Waals surface area contributed by atoms with E-state index in [4.69, 9.17) is 4.74 Å². The number of hydrogen-bond donors (Lipinski definition) is 2. The number of unbranched alkanes of at least 4 members (excludes halogenated alkanes) is 1. The number of anilines is 1. The van der Waals surface area contributed by atoms with E-state index in [1.54, 1.807) is 29.3 Å². The molecule has 2 N–H and O–H groups in total. The monoisotopic (exact) mass is 374 g/mol. The van der Waals surface area contributed by atoms with Crippen LogP contribution < -0.4 is 15.2 Å². The highest BCUT2D eigenvalue weighted by Gasteiger charge is 2.24. The van der Waals surface area contributed by atoms with Crippen molar-refractivity contribution in [3.8, 4) is 11.5 Å². The maximum atomic E-state index is 14.8. The van der Waals surface area contributed by atoms with Crippen molar-refractivity contribution >= 4 is 11.7 Å². The van der Waals surface area contributed by atoms with Gasteiger partial charge in [-0.05, 0) is 51.5 Å². The normalized spacial score (nSPS) is 11.3. The van der Waals surface area contributed by atoms with Gasteiger partial charge >= 0.3 is 5.97 Å². The average Bonchev–Trinajstić information content (AvgIpc) is 2.60. The van der Waals surface area contributed by atoms with Gasteiger partial charge in [0.1, 0.15) is 5.75 Å². The zero-order valence-corrected chi connectivity index (χ0v) is 16.3. The smallest absolute Gasteiger partial charge is 0.335 e. The van der Waals surface area contributed by atoms with Gasteiger partial charge in [-0.1, -0.05) is 31.5 Å². The van der Waals surface area contributed by atoms with E-state index in [2.05, 4.69) is 12.3 Å². The molecular weight excluding hydrogens is 347 g/mol. The molecule has 2 aromatic carbocycles. The predicted octanol–water partition coefficient (Wildman–Crippen LogP) is 5.23. The summed E-state index contributed by atoms with van der Waals surface area (Å²) in [7, 11) is 0. The number of para-hydroxylation sites is 1. The molecule has 0 bridgehead atoms. The first-order chi connectivity index (χ1) is 12.7. The van der Waals surface area contributed by atoms with Crippen LogP contribution in [-0.2, 0) is 0 Å². The molecule has 0 aliphatic carbocycles. The Labute approximate surface area is 159 Å². The Hall–Kier alpha value is -2.60. The van der Waals surface area contributed by atoms with Crippen LogP contribution in [-0.4, -0.2) is 23.2 Å². The highest BCUT2D eigenvalue weighted by atomic mass is 19.1. The van der Waals surface area contributed by atoms with Gasteiger partial charge in [-0.3, -0.25) is 0 Å². The molecule has 0 unspecified atom stereocenters. The van der Waals surface area contributed by atoms with Gasteiger partial charge in [0.25, 0.3) is 0 Å². The van der Waals surface area contributed by atoms with Crippen LogP contribution >= 0.6 is 0 Å². The zero-order chi connectivity index (χ0) is 20.0. The second kappa shape index (κ2) is 8.86. The maximum absolute atomic E-state index is 14.8. The highest BCUT2D eigenvalue weighted by molar-refractivity contribution is 5.89. The lowest BCUT2D eigenvalue weighted by atomic mass is 10.1. The van der Waals surface area contributed by atoms with Crippen molar-refractivity contribution in [2.24, 2.45) is 0 Å². The molecule has 0 atom stereocenters. The van der Waals surface area contributed by atoms with Gasteiger partial charge in [-0.2, -0.15) is 0 Å². The SMILES string of the molecule is CCCCN(NC(C)(C)C)c1cc(C(=O)O)cc(F)c1Oc1ccccc1. The molecule has 0 spiro atoms. The Bertz CT molecular complexity index is 773. The third-order valence-electron chi connectivity index (χ3n) is 3.73. The minimum atomic E-state index is -1.19. The third kappa shape index (κ3) is 5.96. The molecule has 6 heteroatoms. The Morgan fingerprint density at radius 3 is 2.44 bits per heavy atom. The van der Waals surface area contributed by atoms with E-state index in [-0.39, 0.29) is 16.9 Å². The maximum Gasteiger partial charge on any atom is 0.335 e. The zero-order valence-electron chi connectivity index (χ0n) is 16.3. The molecule has 0 radical (unpaired) electrons. The lowest BCUT2D eigenvalue weighted by Crippen LogP contribution is -2.50. The summed E-state index contributed by atoms with van der Waals surface area (Å²) in [5.74, 6) is -1.43. The third-order valence-corrected chi connectivity index (χ3v) is 3.73. The van der Waals surface area contributed by atoms with Gasteiger partial charge in [0.15, 0.2) is 11.6 Å². The molecule has 0 heterocycles. The Balaban J connectivity index is 2.54. The minimum absolute atomic E-state index is 0.000877. The Morgan fingerprint density at radius 2 is 1.89 bits per heavy atom. The second-order valence-corrected chi connectivity index (χ2v) is 7.39. The molecule has 0 aromatic heterocycles. The number of carboxylic acids is 1. The van der Waals surface area contributed by atoms with Crippen molar-refractivity contribution in [3.63, 3.8) is 0 Å². The molecule has 0 aliphatic heterocycles. The number of rotatable bonds is 8. The van der Waals surface area contributed by atoms with Crippen molar-refractivity contribution in [2.75, 3.05) is 11.6 Å². The lowest BCUT2D eigenvalue weighted by molar-refractivity contribution is 0.0696. The molecule has 27 heavy (non-hydrogen) atoms. The van der Waals surface area contributed by atoms with Crippen molar-refractivity contribution in [3.05, 3.63) is 53.8 Å². The molecule has 0 saturated carbocycles. The van der Waals surface area contributed by atoms with E-state index in [0.29, 0.717) is 18.0 Å². The highest BCUT2D eigenvalue weighted by Crippen LogP contribution is 2.36. The Morgan fingerprint density at radius 1 is 1.22 bits per heavy atom. The van der Waals surface area contributed by atoms with Crippen LogP contribution in [0, 0.1) is 5.82 Å². The van der Waals surface area contributed by atoms with Crippen molar-refractivity contribution in [1.82, 2.24) is 5.43 Å². The Kier molecular flexibility index (Phi) is 6.80. The number of ether oxygens (including phenoxy) is 1. The van der Waals surface area contributed by atoms with E-state index >= 15 is 0 Å². The van der Waals surface area contributed by atoms with Gasteiger partial charge in [0.05, 0.1) is 11.3 Å². The van der Waals surface area contributed by atoms with Gasteiger partial charge in [-0.15, -0.1) is 0 Å². The summed E-state index contributed by atoms with van der Waals surface area (Å²) in [6.45, 7) is 8.61. The van der Waals surface area contributed by atoms with Crippen LogP contribution in [0.15, 0.2) is 42.5 Å². The molecule has 0 saturated heterocycles. The number of carboxylic acid groups (broad SMARTS) is 1. The summed E-state index contributed by atoms with van der Waals surface area (Å²) in [6, 6.07) is 11.3. The first kappa shape index (κ1) is 20.7.